The third kappa shape index (κ3) is 4.05. The first-order chi connectivity index (χ1) is 14.0. The number of imide groups is 1. The highest BCUT2D eigenvalue weighted by molar-refractivity contribution is 6.05. The van der Waals surface area contributed by atoms with E-state index in [0.717, 1.165) is 22.6 Å². The van der Waals surface area contributed by atoms with Gasteiger partial charge in [-0.1, -0.05) is 18.2 Å². The zero-order valence-corrected chi connectivity index (χ0v) is 16.6. The number of likely N-dealkylation sites (tertiary alicyclic amines) is 1. The van der Waals surface area contributed by atoms with Crippen molar-refractivity contribution in [2.75, 3.05) is 27.5 Å². The number of ether oxygens (including phenoxy) is 3. The summed E-state index contributed by atoms with van der Waals surface area (Å²) in [5, 5.41) is 0. The van der Waals surface area contributed by atoms with E-state index in [9.17, 15) is 9.59 Å². The molecule has 1 saturated heterocycles. The smallest absolute Gasteiger partial charge is 0.247 e. The van der Waals surface area contributed by atoms with Crippen LogP contribution in [0.3, 0.4) is 0 Å². The summed E-state index contributed by atoms with van der Waals surface area (Å²) in [6, 6.07) is 13.0. The Labute approximate surface area is 169 Å². The van der Waals surface area contributed by atoms with Crippen molar-refractivity contribution in [2.45, 2.75) is 25.4 Å². The second-order valence-corrected chi connectivity index (χ2v) is 7.30. The molecule has 2 amide bonds. The van der Waals surface area contributed by atoms with Crippen molar-refractivity contribution in [2.24, 2.45) is 0 Å². The number of carbonyl (C=O) groups excluding carboxylic acids is 2. The third-order valence-corrected chi connectivity index (χ3v) is 5.40. The average molecular weight is 396 g/mol. The summed E-state index contributed by atoms with van der Waals surface area (Å²) < 4.78 is 15.9. The Bertz CT molecular complexity index is 912. The van der Waals surface area contributed by atoms with Crippen LogP contribution in [0, 0.1) is 0 Å². The van der Waals surface area contributed by atoms with Crippen LogP contribution in [0.2, 0.25) is 0 Å². The molecule has 0 aliphatic carbocycles. The summed E-state index contributed by atoms with van der Waals surface area (Å²) in [5.74, 6) is 1.98. The van der Waals surface area contributed by atoms with Crippen LogP contribution >= 0.6 is 0 Å². The predicted octanol–water partition coefficient (Wildman–Crippen LogP) is 2.23. The third-order valence-electron chi connectivity index (χ3n) is 5.40. The standard InChI is InChI=1S/C22H24N2O5/c1-23(13-16-5-8-19-20(11-16)29-14-28-19)18-12-21(25)24(22(18)26)10-9-15-3-6-17(27-2)7-4-15/h3-8,11,18H,9-10,12-14H2,1-2H3/t18-/m0/s1. The Kier molecular flexibility index (Phi) is 5.40. The molecule has 4 rings (SSSR count). The molecule has 1 fully saturated rings. The Hall–Kier alpha value is -3.06. The van der Waals surface area contributed by atoms with E-state index < -0.39 is 6.04 Å². The molecular weight excluding hydrogens is 372 g/mol. The Morgan fingerprint density at radius 1 is 1.07 bits per heavy atom. The van der Waals surface area contributed by atoms with E-state index in [1.165, 1.54) is 4.90 Å². The van der Waals surface area contributed by atoms with Crippen LogP contribution in [-0.4, -0.2) is 55.2 Å². The maximum Gasteiger partial charge on any atom is 0.247 e. The van der Waals surface area contributed by atoms with Crippen molar-refractivity contribution in [3.63, 3.8) is 0 Å². The molecule has 0 radical (unpaired) electrons. The minimum absolute atomic E-state index is 0.119. The van der Waals surface area contributed by atoms with Crippen LogP contribution in [0.5, 0.6) is 17.2 Å². The summed E-state index contributed by atoms with van der Waals surface area (Å²) in [6.45, 7) is 1.17. The molecule has 2 aromatic rings. The quantitative estimate of drug-likeness (QED) is 0.669. The molecule has 7 nitrogen and oxygen atoms in total. The molecule has 0 unspecified atom stereocenters. The van der Waals surface area contributed by atoms with Gasteiger partial charge in [0.1, 0.15) is 5.75 Å². The van der Waals surface area contributed by atoms with E-state index in [4.69, 9.17) is 14.2 Å². The first-order valence-corrected chi connectivity index (χ1v) is 9.61. The van der Waals surface area contributed by atoms with Crippen LogP contribution in [0.15, 0.2) is 42.5 Å². The summed E-state index contributed by atoms with van der Waals surface area (Å²) in [5.41, 5.74) is 2.07. The summed E-state index contributed by atoms with van der Waals surface area (Å²) in [6.07, 6.45) is 0.836. The molecule has 29 heavy (non-hydrogen) atoms. The van der Waals surface area contributed by atoms with E-state index in [-0.39, 0.29) is 25.0 Å². The number of methoxy groups -OCH3 is 1. The average Bonchev–Trinajstić information content (AvgIpc) is 3.30. The van der Waals surface area contributed by atoms with E-state index in [1.54, 1.807) is 7.11 Å². The molecule has 0 saturated carbocycles. The fourth-order valence-electron chi connectivity index (χ4n) is 3.72. The van der Waals surface area contributed by atoms with E-state index >= 15 is 0 Å². The van der Waals surface area contributed by atoms with Gasteiger partial charge in [0.05, 0.1) is 19.6 Å². The van der Waals surface area contributed by atoms with Gasteiger partial charge in [-0.15, -0.1) is 0 Å². The SMILES string of the molecule is COc1ccc(CCN2C(=O)C[C@H](N(C)Cc3ccc4c(c3)OCO4)C2=O)cc1. The Balaban J connectivity index is 1.36. The normalized spacial score (nSPS) is 18.0. The fourth-order valence-corrected chi connectivity index (χ4v) is 3.72. The lowest BCUT2D eigenvalue weighted by atomic mass is 10.1. The molecule has 0 spiro atoms. The number of hydrogen-bond acceptors (Lipinski definition) is 6. The monoisotopic (exact) mass is 396 g/mol. The van der Waals surface area contributed by atoms with Gasteiger partial charge in [-0.2, -0.15) is 0 Å². The lowest BCUT2D eigenvalue weighted by Gasteiger charge is -2.23. The van der Waals surface area contributed by atoms with Crippen molar-refractivity contribution in [3.05, 3.63) is 53.6 Å². The van der Waals surface area contributed by atoms with E-state index in [1.807, 2.05) is 54.4 Å². The molecule has 152 valence electrons. The number of amides is 2. The van der Waals surface area contributed by atoms with Gasteiger partial charge < -0.3 is 14.2 Å². The Morgan fingerprint density at radius 3 is 2.55 bits per heavy atom. The number of nitrogens with zero attached hydrogens (tertiary/aromatic N) is 2. The highest BCUT2D eigenvalue weighted by Crippen LogP contribution is 2.33. The van der Waals surface area contributed by atoms with Crippen molar-refractivity contribution in [3.8, 4) is 17.2 Å². The highest BCUT2D eigenvalue weighted by Gasteiger charge is 2.40. The highest BCUT2D eigenvalue weighted by atomic mass is 16.7. The molecule has 0 N–H and O–H groups in total. The first kappa shape index (κ1) is 19.3. The summed E-state index contributed by atoms with van der Waals surface area (Å²) in [7, 11) is 3.49. The molecule has 2 heterocycles. The molecule has 0 bridgehead atoms. The zero-order chi connectivity index (χ0) is 20.4. The van der Waals surface area contributed by atoms with Gasteiger partial charge in [0.2, 0.25) is 18.6 Å². The fraction of sp³-hybridized carbons (Fsp3) is 0.364. The van der Waals surface area contributed by atoms with Gasteiger partial charge in [0, 0.05) is 13.1 Å². The molecule has 2 aliphatic rings. The van der Waals surface area contributed by atoms with Crippen LogP contribution < -0.4 is 14.2 Å². The van der Waals surface area contributed by atoms with Crippen LogP contribution in [0.25, 0.3) is 0 Å². The maximum absolute atomic E-state index is 12.9. The van der Waals surface area contributed by atoms with Crippen molar-refractivity contribution < 1.29 is 23.8 Å². The number of benzene rings is 2. The second kappa shape index (κ2) is 8.13. The molecular formula is C22H24N2O5. The molecule has 1 atom stereocenters. The summed E-state index contributed by atoms with van der Waals surface area (Å²) >= 11 is 0. The van der Waals surface area contributed by atoms with Gasteiger partial charge in [-0.3, -0.25) is 19.4 Å². The lowest BCUT2D eigenvalue weighted by Crippen LogP contribution is -2.40. The van der Waals surface area contributed by atoms with Crippen LogP contribution in [0.1, 0.15) is 17.5 Å². The molecule has 2 aliphatic heterocycles. The van der Waals surface area contributed by atoms with Gasteiger partial charge in [-0.05, 0) is 48.9 Å². The first-order valence-electron chi connectivity index (χ1n) is 9.61. The summed E-state index contributed by atoms with van der Waals surface area (Å²) in [4.78, 5) is 28.6. The molecule has 2 aromatic carbocycles. The van der Waals surface area contributed by atoms with Crippen molar-refractivity contribution in [1.29, 1.82) is 0 Å². The van der Waals surface area contributed by atoms with Gasteiger partial charge in [-0.25, -0.2) is 0 Å². The van der Waals surface area contributed by atoms with E-state index in [2.05, 4.69) is 0 Å². The number of rotatable bonds is 7. The number of hydrogen-bond donors (Lipinski definition) is 0. The van der Waals surface area contributed by atoms with Crippen LogP contribution in [-0.2, 0) is 22.6 Å². The van der Waals surface area contributed by atoms with E-state index in [0.29, 0.717) is 25.3 Å². The van der Waals surface area contributed by atoms with Crippen LogP contribution in [0.4, 0.5) is 0 Å². The topological polar surface area (TPSA) is 68.3 Å². The van der Waals surface area contributed by atoms with Crippen molar-refractivity contribution >= 4 is 11.8 Å². The number of carbonyl (C=O) groups is 2. The van der Waals surface area contributed by atoms with Crippen molar-refractivity contribution in [1.82, 2.24) is 9.80 Å². The molecule has 7 heteroatoms. The van der Waals surface area contributed by atoms with Gasteiger partial charge in [0.15, 0.2) is 11.5 Å². The molecule has 0 aromatic heterocycles. The number of fused-ring (bicyclic) bond motifs is 1. The van der Waals surface area contributed by atoms with Gasteiger partial charge >= 0.3 is 0 Å². The minimum Gasteiger partial charge on any atom is -0.497 e. The Morgan fingerprint density at radius 2 is 1.79 bits per heavy atom. The predicted molar refractivity (Wildman–Crippen MR) is 106 cm³/mol. The maximum atomic E-state index is 12.9. The van der Waals surface area contributed by atoms with Gasteiger partial charge in [0.25, 0.3) is 0 Å². The minimum atomic E-state index is -0.441. The second-order valence-electron chi connectivity index (χ2n) is 7.30. The number of likely N-dealkylation sites (N-methyl/N-ethyl adjacent to an activating group) is 1. The largest absolute Gasteiger partial charge is 0.497 e. The lowest BCUT2D eigenvalue weighted by molar-refractivity contribution is -0.139. The zero-order valence-electron chi connectivity index (χ0n) is 16.6.